The molecule has 11 heavy (non-hydrogen) atoms. The molecule has 0 unspecified atom stereocenters. The zero-order chi connectivity index (χ0) is 8.27. The van der Waals surface area contributed by atoms with Crippen molar-refractivity contribution in [3.63, 3.8) is 0 Å². The zero-order valence-corrected chi connectivity index (χ0v) is 7.20. The molecule has 1 heterocycles. The molecule has 1 radical (unpaired) electrons. The highest BCUT2D eigenvalue weighted by molar-refractivity contribution is 5.38. The molecule has 0 bridgehead atoms. The van der Waals surface area contributed by atoms with Crippen LogP contribution in [0.5, 0.6) is 0 Å². The molecule has 2 nitrogen and oxygen atoms in total. The summed E-state index contributed by atoms with van der Waals surface area (Å²) >= 11 is 0. The minimum atomic E-state index is 0.996. The van der Waals surface area contributed by atoms with Crippen molar-refractivity contribution in [2.45, 2.75) is 6.92 Å². The molecule has 0 aliphatic carbocycles. The van der Waals surface area contributed by atoms with E-state index in [9.17, 15) is 0 Å². The molecule has 1 rings (SSSR count). The van der Waals surface area contributed by atoms with Gasteiger partial charge in [0.2, 0.25) is 0 Å². The van der Waals surface area contributed by atoms with E-state index >= 15 is 0 Å². The minimum Gasteiger partial charge on any atom is -0.363 e. The highest BCUT2D eigenvalue weighted by Crippen LogP contribution is 2.08. The molecule has 0 atom stereocenters. The summed E-state index contributed by atoms with van der Waals surface area (Å²) in [7, 11) is 3.97. The summed E-state index contributed by atoms with van der Waals surface area (Å²) in [4.78, 5) is 6.23. The molecule has 0 aromatic carbocycles. The predicted molar refractivity (Wildman–Crippen MR) is 47.6 cm³/mol. The Labute approximate surface area is 67.9 Å². The maximum Gasteiger partial charge on any atom is 0.127 e. The van der Waals surface area contributed by atoms with Crippen LogP contribution in [0.25, 0.3) is 0 Å². The van der Waals surface area contributed by atoms with E-state index in [-0.39, 0.29) is 0 Å². The summed E-state index contributed by atoms with van der Waals surface area (Å²) in [5.74, 6) is 0.996. The van der Waals surface area contributed by atoms with E-state index in [1.807, 2.05) is 44.6 Å². The van der Waals surface area contributed by atoms with E-state index in [2.05, 4.69) is 11.1 Å². The SMILES string of the molecule is C[CH]c1ccc(N(C)C)nc1. The molecule has 0 saturated heterocycles. The number of hydrogen-bond acceptors (Lipinski definition) is 2. The highest BCUT2D eigenvalue weighted by Gasteiger charge is 1.94. The first kappa shape index (κ1) is 8.05. The van der Waals surface area contributed by atoms with Gasteiger partial charge in [0.15, 0.2) is 0 Å². The molecular formula is C9H13N2. The average Bonchev–Trinajstić information content (AvgIpc) is 2.05. The molecular weight excluding hydrogens is 136 g/mol. The van der Waals surface area contributed by atoms with Gasteiger partial charge < -0.3 is 4.90 Å². The zero-order valence-electron chi connectivity index (χ0n) is 7.20. The standard InChI is InChI=1S/C9H13N2/c1-4-8-5-6-9(10-7-8)11(2)3/h4-7H,1-3H3. The topological polar surface area (TPSA) is 16.1 Å². The second-order valence-corrected chi connectivity index (χ2v) is 2.63. The lowest BCUT2D eigenvalue weighted by molar-refractivity contribution is 1.06. The fraction of sp³-hybridized carbons (Fsp3) is 0.333. The Bertz CT molecular complexity index is 214. The molecule has 0 aliphatic rings. The lowest BCUT2D eigenvalue weighted by Gasteiger charge is -2.10. The van der Waals surface area contributed by atoms with Gasteiger partial charge in [-0.25, -0.2) is 4.98 Å². The monoisotopic (exact) mass is 149 g/mol. The van der Waals surface area contributed by atoms with Crippen LogP contribution < -0.4 is 4.90 Å². The Hall–Kier alpha value is -1.05. The molecule has 0 saturated carbocycles. The van der Waals surface area contributed by atoms with Crippen molar-refractivity contribution >= 4 is 5.82 Å². The van der Waals surface area contributed by atoms with Gasteiger partial charge >= 0.3 is 0 Å². The summed E-state index contributed by atoms with van der Waals surface area (Å²) in [6, 6.07) is 4.07. The molecule has 1 aromatic heterocycles. The summed E-state index contributed by atoms with van der Waals surface area (Å²) in [5, 5.41) is 0. The number of rotatable bonds is 2. The third kappa shape index (κ3) is 1.93. The molecule has 0 spiro atoms. The maximum absolute atomic E-state index is 4.24. The summed E-state index contributed by atoms with van der Waals surface area (Å²) in [6.45, 7) is 2.01. The molecule has 0 aliphatic heterocycles. The maximum atomic E-state index is 4.24. The molecule has 1 aromatic rings. The van der Waals surface area contributed by atoms with Gasteiger partial charge in [-0.2, -0.15) is 0 Å². The predicted octanol–water partition coefficient (Wildman–Crippen LogP) is 1.72. The Morgan fingerprint density at radius 1 is 1.36 bits per heavy atom. The van der Waals surface area contributed by atoms with Crippen LogP contribution in [-0.4, -0.2) is 19.1 Å². The number of hydrogen-bond donors (Lipinski definition) is 0. The van der Waals surface area contributed by atoms with E-state index in [1.54, 1.807) is 0 Å². The second-order valence-electron chi connectivity index (χ2n) is 2.63. The molecule has 2 heteroatoms. The Kier molecular flexibility index (Phi) is 2.47. The van der Waals surface area contributed by atoms with E-state index in [1.165, 1.54) is 0 Å². The molecule has 59 valence electrons. The van der Waals surface area contributed by atoms with Crippen LogP contribution in [0.15, 0.2) is 18.3 Å². The van der Waals surface area contributed by atoms with Crippen molar-refractivity contribution in [1.82, 2.24) is 4.98 Å². The van der Waals surface area contributed by atoms with Crippen LogP contribution in [-0.2, 0) is 0 Å². The van der Waals surface area contributed by atoms with Gasteiger partial charge in [-0.15, -0.1) is 0 Å². The molecule has 0 amide bonds. The number of pyridine rings is 1. The number of aromatic nitrogens is 1. The third-order valence-corrected chi connectivity index (χ3v) is 1.56. The van der Waals surface area contributed by atoms with Gasteiger partial charge in [-0.1, -0.05) is 13.0 Å². The van der Waals surface area contributed by atoms with Crippen molar-refractivity contribution in [2.24, 2.45) is 0 Å². The van der Waals surface area contributed by atoms with Crippen molar-refractivity contribution in [3.8, 4) is 0 Å². The van der Waals surface area contributed by atoms with Crippen molar-refractivity contribution in [3.05, 3.63) is 30.3 Å². The average molecular weight is 149 g/mol. The van der Waals surface area contributed by atoms with Gasteiger partial charge in [0.25, 0.3) is 0 Å². The van der Waals surface area contributed by atoms with E-state index in [0.29, 0.717) is 0 Å². The van der Waals surface area contributed by atoms with Gasteiger partial charge in [0.1, 0.15) is 5.82 Å². The third-order valence-electron chi connectivity index (χ3n) is 1.56. The summed E-state index contributed by atoms with van der Waals surface area (Å²) < 4.78 is 0. The highest BCUT2D eigenvalue weighted by atomic mass is 15.1. The quantitative estimate of drug-likeness (QED) is 0.636. The van der Waals surface area contributed by atoms with E-state index in [0.717, 1.165) is 11.4 Å². The lowest BCUT2D eigenvalue weighted by Crippen LogP contribution is -2.10. The normalized spacial score (nSPS) is 9.73. The van der Waals surface area contributed by atoms with Gasteiger partial charge in [-0.3, -0.25) is 0 Å². The molecule has 0 N–H and O–H groups in total. The van der Waals surface area contributed by atoms with E-state index < -0.39 is 0 Å². The van der Waals surface area contributed by atoms with Crippen LogP contribution in [0.2, 0.25) is 0 Å². The van der Waals surface area contributed by atoms with Crippen molar-refractivity contribution < 1.29 is 0 Å². The first-order valence-corrected chi connectivity index (χ1v) is 3.67. The van der Waals surface area contributed by atoms with Crippen LogP contribution in [0.4, 0.5) is 5.82 Å². The number of anilines is 1. The summed E-state index contributed by atoms with van der Waals surface area (Å²) in [6.07, 6.45) is 3.90. The van der Waals surface area contributed by atoms with Gasteiger partial charge in [-0.05, 0) is 18.1 Å². The number of nitrogens with zero attached hydrogens (tertiary/aromatic N) is 2. The van der Waals surface area contributed by atoms with Crippen LogP contribution in [0, 0.1) is 6.42 Å². The fourth-order valence-electron chi connectivity index (χ4n) is 0.833. The summed E-state index contributed by atoms with van der Waals surface area (Å²) in [5.41, 5.74) is 1.16. The van der Waals surface area contributed by atoms with Crippen LogP contribution >= 0.6 is 0 Å². The molecule has 0 fully saturated rings. The second kappa shape index (κ2) is 3.37. The van der Waals surface area contributed by atoms with Crippen molar-refractivity contribution in [1.29, 1.82) is 0 Å². The minimum absolute atomic E-state index is 0.996. The van der Waals surface area contributed by atoms with E-state index in [4.69, 9.17) is 0 Å². The first-order chi connectivity index (χ1) is 5.24. The van der Waals surface area contributed by atoms with Gasteiger partial charge in [0, 0.05) is 20.3 Å². The smallest absolute Gasteiger partial charge is 0.127 e. The van der Waals surface area contributed by atoms with Crippen LogP contribution in [0.3, 0.4) is 0 Å². The van der Waals surface area contributed by atoms with Crippen molar-refractivity contribution in [2.75, 3.05) is 19.0 Å². The Morgan fingerprint density at radius 2 is 2.09 bits per heavy atom. The first-order valence-electron chi connectivity index (χ1n) is 3.67. The Morgan fingerprint density at radius 3 is 2.45 bits per heavy atom. The Balaban J connectivity index is 2.83. The largest absolute Gasteiger partial charge is 0.363 e. The fourth-order valence-corrected chi connectivity index (χ4v) is 0.833. The van der Waals surface area contributed by atoms with Gasteiger partial charge in [0.05, 0.1) is 0 Å². The van der Waals surface area contributed by atoms with Crippen LogP contribution in [0.1, 0.15) is 12.5 Å². The lowest BCUT2D eigenvalue weighted by atomic mass is 10.2.